The molecule has 0 amide bonds. The molecule has 1 aromatic rings. The molecule has 0 radical (unpaired) electrons. The molecule has 0 aliphatic heterocycles. The van der Waals surface area contributed by atoms with Crippen LogP contribution in [0, 0.1) is 5.92 Å². The third-order valence-electron chi connectivity index (χ3n) is 3.01. The van der Waals surface area contributed by atoms with Crippen LogP contribution in [-0.2, 0) is 12.8 Å². The molecule has 1 aromatic heterocycles. The van der Waals surface area contributed by atoms with Gasteiger partial charge in [-0.3, -0.25) is 0 Å². The van der Waals surface area contributed by atoms with Crippen LogP contribution in [0.3, 0.4) is 0 Å². The van der Waals surface area contributed by atoms with Gasteiger partial charge in [0.05, 0.1) is 0 Å². The lowest BCUT2D eigenvalue weighted by Gasteiger charge is -2.19. The Labute approximate surface area is 100 Å². The Bertz CT molecular complexity index is 295. The molecule has 84 valence electrons. The Balaban J connectivity index is 1.86. The van der Waals surface area contributed by atoms with Crippen molar-refractivity contribution < 1.29 is 0 Å². The number of hydrogen-bond donors (Lipinski definition) is 0. The van der Waals surface area contributed by atoms with Crippen molar-refractivity contribution in [3.63, 3.8) is 0 Å². The van der Waals surface area contributed by atoms with Crippen molar-refractivity contribution in [2.24, 2.45) is 5.92 Å². The number of aryl methyl sites for hydroxylation is 1. The molecule has 1 fully saturated rings. The normalized spacial score (nSPS) is 18.2. The van der Waals surface area contributed by atoms with Gasteiger partial charge in [-0.05, 0) is 5.92 Å². The van der Waals surface area contributed by atoms with Crippen molar-refractivity contribution in [1.29, 1.82) is 0 Å². The van der Waals surface area contributed by atoms with E-state index < -0.39 is 0 Å². The monoisotopic (exact) mass is 244 g/mol. The molecule has 1 aliphatic carbocycles. The highest BCUT2D eigenvalue weighted by Crippen LogP contribution is 2.27. The average molecular weight is 245 g/mol. The Kier molecular flexibility index (Phi) is 4.39. The summed E-state index contributed by atoms with van der Waals surface area (Å²) in [6.07, 6.45) is 8.98. The lowest BCUT2D eigenvalue weighted by atomic mass is 9.87. The molecule has 0 bridgehead atoms. The molecule has 1 saturated carbocycles. The summed E-state index contributed by atoms with van der Waals surface area (Å²) in [5.41, 5.74) is 0. The summed E-state index contributed by atoms with van der Waals surface area (Å²) in [4.78, 5) is 0. The topological polar surface area (TPSA) is 25.8 Å². The summed E-state index contributed by atoms with van der Waals surface area (Å²) in [6, 6.07) is 0. The van der Waals surface area contributed by atoms with Crippen LogP contribution in [0.1, 0.15) is 42.1 Å². The number of rotatable bonds is 4. The predicted molar refractivity (Wildman–Crippen MR) is 64.6 cm³/mol. The fraction of sp³-hybridized carbons (Fsp3) is 0.818. The molecular weight excluding hydrogens is 228 g/mol. The Morgan fingerprint density at radius 3 is 2.60 bits per heavy atom. The van der Waals surface area contributed by atoms with Gasteiger partial charge < -0.3 is 0 Å². The maximum absolute atomic E-state index is 5.68. The maximum Gasteiger partial charge on any atom is 0.118 e. The summed E-state index contributed by atoms with van der Waals surface area (Å²) in [7, 11) is 0. The van der Waals surface area contributed by atoms with E-state index in [0.29, 0.717) is 5.88 Å². The number of alkyl halides is 1. The van der Waals surface area contributed by atoms with Crippen molar-refractivity contribution in [2.45, 2.75) is 44.9 Å². The number of halogens is 1. The zero-order valence-corrected chi connectivity index (χ0v) is 10.5. The fourth-order valence-corrected chi connectivity index (χ4v) is 3.44. The van der Waals surface area contributed by atoms with E-state index in [-0.39, 0.29) is 0 Å². The van der Waals surface area contributed by atoms with Crippen LogP contribution in [-0.4, -0.2) is 16.1 Å². The SMILES string of the molecule is ClCCc1nnc(CC2CCCCC2)s1. The maximum atomic E-state index is 5.68. The van der Waals surface area contributed by atoms with Gasteiger partial charge in [-0.2, -0.15) is 0 Å². The number of hydrogen-bond acceptors (Lipinski definition) is 3. The first-order valence-electron chi connectivity index (χ1n) is 5.75. The summed E-state index contributed by atoms with van der Waals surface area (Å²) in [5, 5.41) is 10.7. The van der Waals surface area contributed by atoms with E-state index >= 15 is 0 Å². The summed E-state index contributed by atoms with van der Waals surface area (Å²) >= 11 is 7.42. The molecule has 4 heteroatoms. The van der Waals surface area contributed by atoms with E-state index in [4.69, 9.17) is 11.6 Å². The predicted octanol–water partition coefficient (Wildman–Crippen LogP) is 3.44. The smallest absolute Gasteiger partial charge is 0.118 e. The van der Waals surface area contributed by atoms with E-state index in [1.54, 1.807) is 11.3 Å². The van der Waals surface area contributed by atoms with Crippen LogP contribution in [0.15, 0.2) is 0 Å². The number of nitrogens with zero attached hydrogens (tertiary/aromatic N) is 2. The molecule has 0 atom stereocenters. The summed E-state index contributed by atoms with van der Waals surface area (Å²) in [5.74, 6) is 1.51. The van der Waals surface area contributed by atoms with Crippen LogP contribution in [0.5, 0.6) is 0 Å². The van der Waals surface area contributed by atoms with Crippen LogP contribution in [0.25, 0.3) is 0 Å². The largest absolute Gasteiger partial charge is 0.144 e. The Morgan fingerprint density at radius 2 is 1.87 bits per heavy atom. The minimum absolute atomic E-state index is 0.651. The summed E-state index contributed by atoms with van der Waals surface area (Å²) < 4.78 is 0. The van der Waals surface area contributed by atoms with Crippen molar-refractivity contribution in [1.82, 2.24) is 10.2 Å². The lowest BCUT2D eigenvalue weighted by molar-refractivity contribution is 0.356. The Hall–Kier alpha value is -0.150. The first-order chi connectivity index (χ1) is 7.38. The second-order valence-electron chi connectivity index (χ2n) is 4.24. The zero-order valence-electron chi connectivity index (χ0n) is 8.91. The van der Waals surface area contributed by atoms with Gasteiger partial charge in [0.15, 0.2) is 0 Å². The van der Waals surface area contributed by atoms with Crippen molar-refractivity contribution in [3.8, 4) is 0 Å². The molecule has 0 N–H and O–H groups in total. The van der Waals surface area contributed by atoms with E-state index in [1.165, 1.54) is 37.1 Å². The van der Waals surface area contributed by atoms with E-state index in [2.05, 4.69) is 10.2 Å². The molecule has 2 rings (SSSR count). The molecule has 0 unspecified atom stereocenters. The molecular formula is C11H17ClN2S. The lowest BCUT2D eigenvalue weighted by Crippen LogP contribution is -2.08. The Morgan fingerprint density at radius 1 is 1.13 bits per heavy atom. The van der Waals surface area contributed by atoms with E-state index in [9.17, 15) is 0 Å². The molecule has 15 heavy (non-hydrogen) atoms. The van der Waals surface area contributed by atoms with Gasteiger partial charge in [-0.1, -0.05) is 32.1 Å². The second kappa shape index (κ2) is 5.80. The van der Waals surface area contributed by atoms with Crippen LogP contribution >= 0.6 is 22.9 Å². The highest BCUT2D eigenvalue weighted by atomic mass is 35.5. The van der Waals surface area contributed by atoms with Gasteiger partial charge in [0, 0.05) is 18.7 Å². The molecule has 0 aromatic carbocycles. The minimum atomic E-state index is 0.651. The van der Waals surface area contributed by atoms with Crippen LogP contribution in [0.2, 0.25) is 0 Å². The highest BCUT2D eigenvalue weighted by Gasteiger charge is 2.16. The second-order valence-corrected chi connectivity index (χ2v) is 5.76. The first-order valence-corrected chi connectivity index (χ1v) is 7.11. The molecule has 1 heterocycles. The zero-order chi connectivity index (χ0) is 10.5. The van der Waals surface area contributed by atoms with Gasteiger partial charge >= 0.3 is 0 Å². The number of aromatic nitrogens is 2. The third-order valence-corrected chi connectivity index (χ3v) is 4.20. The standard InChI is InChI=1S/C11H17ClN2S/c12-7-6-10-13-14-11(15-10)8-9-4-2-1-3-5-9/h9H,1-8H2. The minimum Gasteiger partial charge on any atom is -0.144 e. The van der Waals surface area contributed by atoms with Crippen molar-refractivity contribution in [3.05, 3.63) is 10.0 Å². The average Bonchev–Trinajstić information content (AvgIpc) is 2.68. The molecule has 2 nitrogen and oxygen atoms in total. The molecule has 0 saturated heterocycles. The third kappa shape index (κ3) is 3.42. The van der Waals surface area contributed by atoms with E-state index in [0.717, 1.165) is 23.8 Å². The van der Waals surface area contributed by atoms with Gasteiger partial charge in [-0.25, -0.2) is 0 Å². The van der Waals surface area contributed by atoms with E-state index in [1.807, 2.05) is 0 Å². The first kappa shape index (κ1) is 11.3. The summed E-state index contributed by atoms with van der Waals surface area (Å²) in [6.45, 7) is 0. The van der Waals surface area contributed by atoms with Gasteiger partial charge in [0.25, 0.3) is 0 Å². The van der Waals surface area contributed by atoms with Gasteiger partial charge in [-0.15, -0.1) is 33.1 Å². The quantitative estimate of drug-likeness (QED) is 0.759. The molecule has 0 spiro atoms. The van der Waals surface area contributed by atoms with Crippen LogP contribution < -0.4 is 0 Å². The fourth-order valence-electron chi connectivity index (χ4n) is 2.19. The van der Waals surface area contributed by atoms with Crippen LogP contribution in [0.4, 0.5) is 0 Å². The van der Waals surface area contributed by atoms with Gasteiger partial charge in [0.1, 0.15) is 10.0 Å². The highest BCUT2D eigenvalue weighted by molar-refractivity contribution is 7.11. The van der Waals surface area contributed by atoms with Crippen molar-refractivity contribution >= 4 is 22.9 Å². The van der Waals surface area contributed by atoms with Crippen molar-refractivity contribution in [2.75, 3.05) is 5.88 Å². The van der Waals surface area contributed by atoms with Gasteiger partial charge in [0.2, 0.25) is 0 Å². The molecule has 1 aliphatic rings.